The standard InChI is InChI=1S/C20H19NO4S/c22-15-21(23)13-20(18-7-2-1-3-8-18)26(24,25)14-16-10-11-17-6-4-5-9-19(17)12-16/h1-12,15,20,23H,13-14H2. The minimum atomic E-state index is -3.66. The van der Waals surface area contributed by atoms with Crippen molar-refractivity contribution in [3.63, 3.8) is 0 Å². The highest BCUT2D eigenvalue weighted by molar-refractivity contribution is 7.90. The van der Waals surface area contributed by atoms with Gasteiger partial charge in [-0.2, -0.15) is 0 Å². The van der Waals surface area contributed by atoms with Gasteiger partial charge >= 0.3 is 0 Å². The fourth-order valence-corrected chi connectivity index (χ4v) is 4.77. The maximum Gasteiger partial charge on any atom is 0.233 e. The zero-order valence-electron chi connectivity index (χ0n) is 14.0. The van der Waals surface area contributed by atoms with Crippen LogP contribution in [-0.4, -0.2) is 31.6 Å². The van der Waals surface area contributed by atoms with Crippen LogP contribution in [0.1, 0.15) is 16.4 Å². The van der Waals surface area contributed by atoms with Crippen molar-refractivity contribution < 1.29 is 18.4 Å². The monoisotopic (exact) mass is 369 g/mol. The van der Waals surface area contributed by atoms with Crippen LogP contribution in [0.25, 0.3) is 10.8 Å². The first kappa shape index (κ1) is 18.1. The average molecular weight is 369 g/mol. The van der Waals surface area contributed by atoms with E-state index in [0.717, 1.165) is 10.8 Å². The van der Waals surface area contributed by atoms with E-state index in [9.17, 15) is 18.4 Å². The summed E-state index contributed by atoms with van der Waals surface area (Å²) in [6.45, 7) is -0.316. The van der Waals surface area contributed by atoms with Crippen LogP contribution in [0, 0.1) is 0 Å². The molecule has 0 aromatic heterocycles. The highest BCUT2D eigenvalue weighted by Crippen LogP contribution is 2.27. The first-order valence-electron chi connectivity index (χ1n) is 8.14. The number of carbonyl (C=O) groups excluding carboxylic acids is 1. The number of carbonyl (C=O) groups is 1. The molecular weight excluding hydrogens is 350 g/mol. The van der Waals surface area contributed by atoms with Gasteiger partial charge in [0, 0.05) is 0 Å². The van der Waals surface area contributed by atoms with E-state index in [-0.39, 0.29) is 18.7 Å². The van der Waals surface area contributed by atoms with Gasteiger partial charge in [0.15, 0.2) is 9.84 Å². The third-order valence-electron chi connectivity index (χ3n) is 4.26. The molecule has 0 aliphatic rings. The highest BCUT2D eigenvalue weighted by Gasteiger charge is 2.29. The lowest BCUT2D eigenvalue weighted by Gasteiger charge is -2.21. The number of amides is 1. The number of hydrogen-bond acceptors (Lipinski definition) is 4. The molecule has 0 bridgehead atoms. The van der Waals surface area contributed by atoms with Crippen molar-refractivity contribution in [3.8, 4) is 0 Å². The molecule has 0 aliphatic heterocycles. The summed E-state index contributed by atoms with van der Waals surface area (Å²) in [7, 11) is -3.66. The molecule has 5 nitrogen and oxygen atoms in total. The molecule has 1 amide bonds. The van der Waals surface area contributed by atoms with Crippen LogP contribution in [0.3, 0.4) is 0 Å². The predicted molar refractivity (Wildman–Crippen MR) is 100 cm³/mol. The van der Waals surface area contributed by atoms with E-state index in [0.29, 0.717) is 16.2 Å². The Kier molecular flexibility index (Phi) is 5.35. The molecule has 134 valence electrons. The number of hydrogen-bond donors (Lipinski definition) is 1. The van der Waals surface area contributed by atoms with E-state index in [1.54, 1.807) is 36.4 Å². The zero-order valence-corrected chi connectivity index (χ0v) is 14.8. The molecule has 0 spiro atoms. The Bertz CT molecular complexity index is 1000. The van der Waals surface area contributed by atoms with E-state index < -0.39 is 15.1 Å². The lowest BCUT2D eigenvalue weighted by molar-refractivity contribution is -0.149. The molecule has 3 aromatic rings. The number of hydroxylamine groups is 2. The summed E-state index contributed by atoms with van der Waals surface area (Å²) in [4.78, 5) is 10.8. The van der Waals surface area contributed by atoms with Gasteiger partial charge in [-0.05, 0) is 21.9 Å². The number of rotatable bonds is 7. The molecule has 1 unspecified atom stereocenters. The molecule has 3 aromatic carbocycles. The van der Waals surface area contributed by atoms with Crippen LogP contribution in [-0.2, 0) is 20.4 Å². The Morgan fingerprint density at radius 1 is 0.923 bits per heavy atom. The average Bonchev–Trinajstić information content (AvgIpc) is 2.66. The fourth-order valence-electron chi connectivity index (χ4n) is 2.97. The van der Waals surface area contributed by atoms with Crippen LogP contribution >= 0.6 is 0 Å². The number of nitrogens with zero attached hydrogens (tertiary/aromatic N) is 1. The normalized spacial score (nSPS) is 12.7. The van der Waals surface area contributed by atoms with Crippen molar-refractivity contribution >= 4 is 27.0 Å². The molecule has 1 N–H and O–H groups in total. The van der Waals surface area contributed by atoms with Gasteiger partial charge < -0.3 is 0 Å². The predicted octanol–water partition coefficient (Wildman–Crippen LogP) is 3.34. The summed E-state index contributed by atoms with van der Waals surface area (Å²) >= 11 is 0. The SMILES string of the molecule is O=CN(O)CC(c1ccccc1)S(=O)(=O)Cc1ccc2ccccc2c1. The summed E-state index contributed by atoms with van der Waals surface area (Å²) in [6.07, 6.45) is 0.210. The Hall–Kier alpha value is -2.70. The second-order valence-corrected chi connectivity index (χ2v) is 8.30. The third-order valence-corrected chi connectivity index (χ3v) is 6.29. The van der Waals surface area contributed by atoms with E-state index in [4.69, 9.17) is 0 Å². The van der Waals surface area contributed by atoms with Gasteiger partial charge in [0.05, 0.1) is 12.3 Å². The summed E-state index contributed by atoms with van der Waals surface area (Å²) in [5.41, 5.74) is 1.20. The second-order valence-electron chi connectivity index (χ2n) is 6.12. The molecule has 0 saturated heterocycles. The molecule has 0 fully saturated rings. The highest BCUT2D eigenvalue weighted by atomic mass is 32.2. The van der Waals surface area contributed by atoms with Gasteiger partial charge in [-0.25, -0.2) is 13.5 Å². The fraction of sp³-hybridized carbons (Fsp3) is 0.150. The molecule has 1 atom stereocenters. The van der Waals surface area contributed by atoms with Crippen molar-refractivity contribution in [1.29, 1.82) is 0 Å². The Morgan fingerprint density at radius 2 is 1.58 bits per heavy atom. The molecule has 26 heavy (non-hydrogen) atoms. The minimum absolute atomic E-state index is 0.176. The van der Waals surface area contributed by atoms with Crippen molar-refractivity contribution in [2.24, 2.45) is 0 Å². The third kappa shape index (κ3) is 4.09. The topological polar surface area (TPSA) is 74.7 Å². The van der Waals surface area contributed by atoms with Gasteiger partial charge in [-0.15, -0.1) is 0 Å². The van der Waals surface area contributed by atoms with Crippen molar-refractivity contribution in [3.05, 3.63) is 83.9 Å². The molecular formula is C20H19NO4S. The van der Waals surface area contributed by atoms with Crippen LogP contribution in [0.5, 0.6) is 0 Å². The molecule has 0 saturated carbocycles. The maximum absolute atomic E-state index is 13.0. The summed E-state index contributed by atoms with van der Waals surface area (Å²) in [6, 6.07) is 21.9. The molecule has 3 rings (SSSR count). The van der Waals surface area contributed by atoms with Crippen molar-refractivity contribution in [2.45, 2.75) is 11.0 Å². The van der Waals surface area contributed by atoms with Gasteiger partial charge in [-0.3, -0.25) is 10.0 Å². The summed E-state index contributed by atoms with van der Waals surface area (Å²) in [5, 5.41) is 10.9. The largest absolute Gasteiger partial charge is 0.286 e. The molecule has 6 heteroatoms. The second kappa shape index (κ2) is 7.68. The number of sulfone groups is 1. The van der Waals surface area contributed by atoms with Crippen LogP contribution in [0.15, 0.2) is 72.8 Å². The first-order valence-corrected chi connectivity index (χ1v) is 9.86. The van der Waals surface area contributed by atoms with Crippen LogP contribution in [0.4, 0.5) is 0 Å². The Labute approximate surface area is 152 Å². The molecule has 0 aliphatic carbocycles. The van der Waals surface area contributed by atoms with Gasteiger partial charge in [0.1, 0.15) is 5.25 Å². The summed E-state index contributed by atoms with van der Waals surface area (Å²) in [5.74, 6) is -0.176. The number of fused-ring (bicyclic) bond motifs is 1. The number of benzene rings is 3. The van der Waals surface area contributed by atoms with E-state index >= 15 is 0 Å². The lowest BCUT2D eigenvalue weighted by atomic mass is 10.1. The van der Waals surface area contributed by atoms with Crippen LogP contribution < -0.4 is 0 Å². The zero-order chi connectivity index (χ0) is 18.6. The van der Waals surface area contributed by atoms with Crippen molar-refractivity contribution in [1.82, 2.24) is 5.06 Å². The van der Waals surface area contributed by atoms with Gasteiger partial charge in [-0.1, -0.05) is 72.8 Å². The van der Waals surface area contributed by atoms with Crippen molar-refractivity contribution in [2.75, 3.05) is 6.54 Å². The lowest BCUT2D eigenvalue weighted by Crippen LogP contribution is -2.29. The Morgan fingerprint density at radius 3 is 2.27 bits per heavy atom. The molecule has 0 heterocycles. The summed E-state index contributed by atoms with van der Waals surface area (Å²) < 4.78 is 26.1. The smallest absolute Gasteiger partial charge is 0.233 e. The molecule has 0 radical (unpaired) electrons. The minimum Gasteiger partial charge on any atom is -0.286 e. The van der Waals surface area contributed by atoms with Gasteiger partial charge in [0.2, 0.25) is 6.41 Å². The van der Waals surface area contributed by atoms with Gasteiger partial charge in [0.25, 0.3) is 0 Å². The quantitative estimate of drug-likeness (QED) is 0.394. The van der Waals surface area contributed by atoms with E-state index in [1.165, 1.54) is 0 Å². The van der Waals surface area contributed by atoms with Crippen LogP contribution in [0.2, 0.25) is 0 Å². The Balaban J connectivity index is 1.94. The van der Waals surface area contributed by atoms with E-state index in [1.807, 2.05) is 36.4 Å². The van der Waals surface area contributed by atoms with E-state index in [2.05, 4.69) is 0 Å². The maximum atomic E-state index is 13.0. The first-order chi connectivity index (χ1) is 12.5.